The van der Waals surface area contributed by atoms with E-state index in [-0.39, 0.29) is 12.3 Å². The number of esters is 1. The lowest BCUT2D eigenvalue weighted by Gasteiger charge is -2.03. The highest BCUT2D eigenvalue weighted by atomic mass is 16.5. The van der Waals surface area contributed by atoms with Crippen LogP contribution in [-0.4, -0.2) is 12.2 Å². The fourth-order valence-electron chi connectivity index (χ4n) is 1.08. The molecule has 1 rings (SSSR count). The lowest BCUT2D eigenvalue weighted by molar-refractivity contribution is -0.140. The molecule has 0 bridgehead atoms. The quantitative estimate of drug-likeness (QED) is 0.442. The van der Waals surface area contributed by atoms with E-state index in [1.54, 1.807) is 6.08 Å². The Bertz CT molecular complexity index is 433. The average molecular weight is 229 g/mol. The number of carbonyl (C=O) groups is 1. The third kappa shape index (κ3) is 4.93. The van der Waals surface area contributed by atoms with Crippen LogP contribution in [0.4, 0.5) is 0 Å². The normalized spacial score (nSPS) is 10.9. The molecule has 0 atom stereocenters. The number of hydrogen-bond acceptors (Lipinski definition) is 3. The van der Waals surface area contributed by atoms with E-state index in [0.717, 1.165) is 5.56 Å². The van der Waals surface area contributed by atoms with E-state index < -0.39 is 5.97 Å². The van der Waals surface area contributed by atoms with Gasteiger partial charge in [-0.05, 0) is 18.6 Å². The van der Waals surface area contributed by atoms with Crippen molar-refractivity contribution in [2.45, 2.75) is 13.5 Å². The van der Waals surface area contributed by atoms with Gasteiger partial charge < -0.3 is 4.74 Å². The summed E-state index contributed by atoms with van der Waals surface area (Å²) < 4.78 is 5.04. The average Bonchev–Trinajstić information content (AvgIpc) is 2.37. The molecule has 0 aliphatic carbocycles. The monoisotopic (exact) mass is 229 g/mol. The number of rotatable bonds is 5. The first-order valence-corrected chi connectivity index (χ1v) is 5.29. The summed E-state index contributed by atoms with van der Waals surface area (Å²) in [5, 5.41) is 0. The van der Waals surface area contributed by atoms with Crippen LogP contribution in [0.25, 0.3) is 0 Å². The van der Waals surface area contributed by atoms with Crippen molar-refractivity contribution in [3.8, 4) is 0 Å². The molecule has 0 aliphatic rings. The lowest BCUT2D eigenvalue weighted by Crippen LogP contribution is -2.05. The van der Waals surface area contributed by atoms with Gasteiger partial charge >= 0.3 is 5.97 Å². The molecule has 0 aliphatic heterocycles. The van der Waals surface area contributed by atoms with Gasteiger partial charge in [0.25, 0.3) is 0 Å². The zero-order valence-corrected chi connectivity index (χ0v) is 9.80. The van der Waals surface area contributed by atoms with Crippen molar-refractivity contribution in [2.24, 2.45) is 4.99 Å². The number of benzene rings is 1. The number of aliphatic imine (C=N–C) groups is 1. The highest BCUT2D eigenvalue weighted by Gasteiger charge is 2.06. The van der Waals surface area contributed by atoms with Crippen molar-refractivity contribution >= 4 is 12.2 Å². The van der Waals surface area contributed by atoms with Crippen LogP contribution in [0.5, 0.6) is 0 Å². The lowest BCUT2D eigenvalue weighted by atomic mass is 10.2. The fourth-order valence-corrected chi connectivity index (χ4v) is 1.08. The molecule has 17 heavy (non-hydrogen) atoms. The first-order chi connectivity index (χ1) is 8.24. The van der Waals surface area contributed by atoms with Crippen LogP contribution in [-0.2, 0) is 16.1 Å². The Morgan fingerprint density at radius 3 is 2.76 bits per heavy atom. The Labute approximate surface area is 101 Å². The van der Waals surface area contributed by atoms with Crippen LogP contribution in [0.15, 0.2) is 59.8 Å². The number of ether oxygens (including phenoxy) is 1. The summed E-state index contributed by atoms with van der Waals surface area (Å²) in [6.45, 7) is 5.63. The SMILES string of the molecule is C=C(N=C/C=C\C)C(=O)OCc1ccccc1. The number of carbonyl (C=O) groups excluding carboxylic acids is 1. The molecule has 0 spiro atoms. The minimum absolute atomic E-state index is 0.0963. The smallest absolute Gasteiger partial charge is 0.356 e. The first kappa shape index (κ1) is 12.9. The summed E-state index contributed by atoms with van der Waals surface area (Å²) in [7, 11) is 0. The second-order valence-corrected chi connectivity index (χ2v) is 3.31. The molecule has 88 valence electrons. The van der Waals surface area contributed by atoms with Crippen LogP contribution in [0.3, 0.4) is 0 Å². The second-order valence-electron chi connectivity index (χ2n) is 3.31. The number of allylic oxidation sites excluding steroid dienone is 2. The molecule has 3 heteroatoms. The van der Waals surface area contributed by atoms with Gasteiger partial charge in [0.2, 0.25) is 0 Å². The van der Waals surface area contributed by atoms with Gasteiger partial charge in [-0.3, -0.25) is 0 Å². The van der Waals surface area contributed by atoms with Gasteiger partial charge in [0, 0.05) is 6.21 Å². The summed E-state index contributed by atoms with van der Waals surface area (Å²) >= 11 is 0. The van der Waals surface area contributed by atoms with E-state index in [0.29, 0.717) is 0 Å². The minimum atomic E-state index is -0.505. The fraction of sp³-hybridized carbons (Fsp3) is 0.143. The molecule has 0 N–H and O–H groups in total. The Morgan fingerprint density at radius 2 is 2.12 bits per heavy atom. The van der Waals surface area contributed by atoms with E-state index in [1.807, 2.05) is 43.3 Å². The standard InChI is InChI=1S/C14H15NO2/c1-3-4-10-15-12(2)14(16)17-11-13-8-6-5-7-9-13/h3-10H,2,11H2,1H3/b4-3-,15-10?. The van der Waals surface area contributed by atoms with Crippen LogP contribution >= 0.6 is 0 Å². The van der Waals surface area contributed by atoms with Crippen molar-refractivity contribution in [1.82, 2.24) is 0 Å². The van der Waals surface area contributed by atoms with Gasteiger partial charge in [-0.15, -0.1) is 0 Å². The van der Waals surface area contributed by atoms with E-state index >= 15 is 0 Å². The molecule has 0 fully saturated rings. The molecule has 0 saturated carbocycles. The number of hydrogen-bond donors (Lipinski definition) is 0. The molecule has 0 heterocycles. The molecule has 0 amide bonds. The zero-order valence-electron chi connectivity index (χ0n) is 9.80. The Morgan fingerprint density at radius 1 is 1.41 bits per heavy atom. The summed E-state index contributed by atoms with van der Waals surface area (Å²) in [5.41, 5.74) is 1.03. The van der Waals surface area contributed by atoms with Gasteiger partial charge in [0.1, 0.15) is 12.3 Å². The maximum atomic E-state index is 11.5. The van der Waals surface area contributed by atoms with Crippen molar-refractivity contribution < 1.29 is 9.53 Å². The molecule has 0 aromatic heterocycles. The van der Waals surface area contributed by atoms with Gasteiger partial charge in [-0.1, -0.05) is 43.0 Å². The third-order valence-corrected chi connectivity index (χ3v) is 1.96. The van der Waals surface area contributed by atoms with Crippen LogP contribution in [0.2, 0.25) is 0 Å². The molecule has 1 aromatic carbocycles. The summed E-state index contributed by atoms with van der Waals surface area (Å²) in [5.74, 6) is -0.505. The third-order valence-electron chi connectivity index (χ3n) is 1.96. The van der Waals surface area contributed by atoms with Crippen molar-refractivity contribution in [3.63, 3.8) is 0 Å². The molecular formula is C14H15NO2. The van der Waals surface area contributed by atoms with Crippen molar-refractivity contribution in [1.29, 1.82) is 0 Å². The molecule has 0 saturated heterocycles. The zero-order chi connectivity index (χ0) is 12.5. The van der Waals surface area contributed by atoms with E-state index in [2.05, 4.69) is 11.6 Å². The summed E-state index contributed by atoms with van der Waals surface area (Å²) in [4.78, 5) is 15.3. The van der Waals surface area contributed by atoms with Gasteiger partial charge in [-0.25, -0.2) is 9.79 Å². The molecule has 0 unspecified atom stereocenters. The van der Waals surface area contributed by atoms with Crippen LogP contribution in [0.1, 0.15) is 12.5 Å². The number of nitrogens with zero attached hydrogens (tertiary/aromatic N) is 1. The van der Waals surface area contributed by atoms with Crippen LogP contribution < -0.4 is 0 Å². The highest BCUT2D eigenvalue weighted by Crippen LogP contribution is 2.03. The predicted octanol–water partition coefficient (Wildman–Crippen LogP) is 2.89. The molecule has 3 nitrogen and oxygen atoms in total. The minimum Gasteiger partial charge on any atom is -0.456 e. The second kappa shape index (κ2) is 7.17. The summed E-state index contributed by atoms with van der Waals surface area (Å²) in [6, 6.07) is 9.47. The maximum absolute atomic E-state index is 11.5. The van der Waals surface area contributed by atoms with Crippen molar-refractivity contribution in [2.75, 3.05) is 0 Å². The van der Waals surface area contributed by atoms with E-state index in [9.17, 15) is 4.79 Å². The summed E-state index contributed by atoms with van der Waals surface area (Å²) in [6.07, 6.45) is 5.04. The van der Waals surface area contributed by atoms with Gasteiger partial charge in [0.05, 0.1) is 0 Å². The first-order valence-electron chi connectivity index (χ1n) is 5.29. The predicted molar refractivity (Wildman–Crippen MR) is 68.7 cm³/mol. The molecule has 0 radical (unpaired) electrons. The molecule has 1 aromatic rings. The van der Waals surface area contributed by atoms with Crippen molar-refractivity contribution in [3.05, 3.63) is 60.3 Å². The molecular weight excluding hydrogens is 214 g/mol. The Balaban J connectivity index is 2.42. The van der Waals surface area contributed by atoms with E-state index in [1.165, 1.54) is 6.21 Å². The topological polar surface area (TPSA) is 38.7 Å². The highest BCUT2D eigenvalue weighted by molar-refractivity contribution is 5.90. The van der Waals surface area contributed by atoms with Gasteiger partial charge in [-0.2, -0.15) is 0 Å². The largest absolute Gasteiger partial charge is 0.456 e. The maximum Gasteiger partial charge on any atom is 0.356 e. The van der Waals surface area contributed by atoms with Gasteiger partial charge in [0.15, 0.2) is 0 Å². The Kier molecular flexibility index (Phi) is 5.44. The van der Waals surface area contributed by atoms with E-state index in [4.69, 9.17) is 4.74 Å². The Hall–Kier alpha value is -2.16. The van der Waals surface area contributed by atoms with Crippen LogP contribution in [0, 0.1) is 0 Å².